The number of hydrogen-bond acceptors (Lipinski definition) is 29. The third kappa shape index (κ3) is 45.2. The second kappa shape index (κ2) is 68.6. The largest absolute Gasteiger partial charge is 0.508 e. The number of nitrogens with zero attached hydrogens (tertiary/aromatic N) is 2. The first-order valence-electron chi connectivity index (χ1n) is 51.0. The number of carboxylic acids is 1. The molecule has 50 nitrogen and oxygen atoms in total. The second-order valence-corrected chi connectivity index (χ2v) is 38.1. The fourth-order valence-electron chi connectivity index (χ4n) is 16.6. The Morgan fingerprint density at radius 2 is 0.893 bits per heavy atom. The molecule has 5 aromatic rings. The number of carbonyl (C=O) groups excluding carboxylic acids is 17. The molecule has 150 heavy (non-hydrogen) atoms. The minimum absolute atomic E-state index is 0.000700. The lowest BCUT2D eigenvalue weighted by molar-refractivity contribution is -0.142. The lowest BCUT2D eigenvalue weighted by Gasteiger charge is -2.30. The molecule has 37 N–H and O–H groups in total. The number of primary amides is 1. The zero-order chi connectivity index (χ0) is 110. The highest BCUT2D eigenvalue weighted by atomic mass is 32.2. The number of rotatable bonds is 74. The van der Waals surface area contributed by atoms with E-state index in [2.05, 4.69) is 105 Å². The number of aromatic hydroxyl groups is 1. The van der Waals surface area contributed by atoms with Crippen molar-refractivity contribution in [3.05, 3.63) is 120 Å². The molecule has 17 amide bonds. The first kappa shape index (κ1) is 125. The standard InChI is InChI=1S/C99H155N29O21S/c1-59(2)84(97(148)113-56-81(132)115-68(26-9-13-39-100)87(138)119-69(27-10-14-40-101)88(139)118-67(85(105)136)25-12-17-44-108-45-18-16-42-103)127-96(147)79-30-20-47-128(79)98(149)73(28-11-15-41-102)116-82(133)55-112-86(137)76(51-62-53-111-66-24-8-7-23-65(62)66)124-89(140)70(29-19-46-110-99(106)107)120-93(144)75(49-60-21-5-4-6-22-60)123-94(145)77(52-63-54-109-58-114-63)125-90(141)71(35-36-83(134)135)121-91(142)72(38-48-150-3)122-95(146)78(57-129)126-92(143)74(117-80(131)37-43-104)50-61-31-33-64(130)34-32-61/h4-8,21-24,31-34,53-54,58-59,67-79,84,108,111,129-130H,9-20,25-30,35-52,55-57,100-104H2,1-3H3,(H2,105,136)(H,109,114)(H,112,137)(H,113,148)(H,115,132)(H,116,133)(H,117,131)(H,118,139)(H,119,138)(H,120,144)(H,121,142)(H,122,146)(H,123,145)(H,124,140)(H,125,141)(H,126,143)(H,127,147)(H,134,135)(H4,106,107,110)/t67-,68-,69-,70-,71-,72-,73-,74-,75-,76-,77-,78-,79-,84-/m0/s1. The van der Waals surface area contributed by atoms with Gasteiger partial charge in [-0.05, 0) is 221 Å². The van der Waals surface area contributed by atoms with Crippen molar-refractivity contribution in [1.29, 1.82) is 5.41 Å². The molecule has 0 aliphatic carbocycles. The number of aliphatic carboxylic acids is 1. The summed E-state index contributed by atoms with van der Waals surface area (Å²) >= 11 is 1.25. The van der Waals surface area contributed by atoms with E-state index < -0.39 is 242 Å². The number of phenolic OH excluding ortho intramolecular Hbond substituents is 1. The van der Waals surface area contributed by atoms with Crippen molar-refractivity contribution in [2.75, 3.05) is 90.6 Å². The zero-order valence-electron chi connectivity index (χ0n) is 85.5. The van der Waals surface area contributed by atoms with Gasteiger partial charge in [0.15, 0.2) is 5.96 Å². The second-order valence-electron chi connectivity index (χ2n) is 37.1. The molecular formula is C99H155N29O21S. The molecule has 1 fully saturated rings. The van der Waals surface area contributed by atoms with E-state index in [1.165, 1.54) is 53.5 Å². The van der Waals surface area contributed by atoms with Gasteiger partial charge in [0, 0.05) is 81.5 Å². The van der Waals surface area contributed by atoms with Crippen LogP contribution in [0.5, 0.6) is 5.75 Å². The quantitative estimate of drug-likeness (QED) is 0.00982. The Bertz CT molecular complexity index is 5160. The summed E-state index contributed by atoms with van der Waals surface area (Å²) in [7, 11) is 0. The van der Waals surface area contributed by atoms with E-state index in [1.807, 2.05) is 0 Å². The van der Waals surface area contributed by atoms with E-state index in [1.54, 1.807) is 80.9 Å². The third-order valence-electron chi connectivity index (χ3n) is 24.9. The molecule has 0 radical (unpaired) electrons. The highest BCUT2D eigenvalue weighted by Crippen LogP contribution is 2.24. The Morgan fingerprint density at radius 1 is 0.447 bits per heavy atom. The summed E-state index contributed by atoms with van der Waals surface area (Å²) in [6.07, 6.45) is 9.28. The van der Waals surface area contributed by atoms with Crippen molar-refractivity contribution in [2.45, 2.75) is 265 Å². The number of imidazole rings is 1. The summed E-state index contributed by atoms with van der Waals surface area (Å²) in [5.41, 5.74) is 42.3. The highest BCUT2D eigenvalue weighted by molar-refractivity contribution is 7.98. The molecule has 51 heteroatoms. The van der Waals surface area contributed by atoms with Crippen LogP contribution in [0.3, 0.4) is 0 Å². The van der Waals surface area contributed by atoms with E-state index in [0.29, 0.717) is 105 Å². The lowest BCUT2D eigenvalue weighted by atomic mass is 10.0. The number of para-hydroxylation sites is 1. The molecule has 2 aromatic heterocycles. The van der Waals surface area contributed by atoms with Crippen LogP contribution in [0.1, 0.15) is 177 Å². The number of aliphatic hydroxyl groups is 1. The number of aromatic amines is 2. The maximum absolute atomic E-state index is 15.3. The van der Waals surface area contributed by atoms with Crippen LogP contribution in [0.2, 0.25) is 0 Å². The molecule has 828 valence electrons. The summed E-state index contributed by atoms with van der Waals surface area (Å²) < 4.78 is 0. The topological polar surface area (TPSA) is 826 Å². The van der Waals surface area contributed by atoms with Crippen molar-refractivity contribution in [1.82, 2.24) is 110 Å². The third-order valence-corrected chi connectivity index (χ3v) is 25.5. The Hall–Kier alpha value is -14.0. The molecule has 0 bridgehead atoms. The molecule has 1 aliphatic rings. The van der Waals surface area contributed by atoms with Gasteiger partial charge in [-0.2, -0.15) is 11.8 Å². The number of H-pyrrole nitrogens is 2. The Balaban J connectivity index is 1.19. The molecule has 1 saturated heterocycles. The van der Waals surface area contributed by atoms with Gasteiger partial charge in [-0.1, -0.05) is 74.5 Å². The number of amides is 17. The van der Waals surface area contributed by atoms with Crippen molar-refractivity contribution in [3.8, 4) is 5.75 Å². The van der Waals surface area contributed by atoms with Gasteiger partial charge in [0.05, 0.1) is 31.7 Å². The average molecular weight is 2120 g/mol. The Morgan fingerprint density at radius 3 is 1.43 bits per heavy atom. The normalized spacial score (nSPS) is 14.8. The van der Waals surface area contributed by atoms with Gasteiger partial charge in [0.25, 0.3) is 0 Å². The van der Waals surface area contributed by atoms with Gasteiger partial charge >= 0.3 is 5.97 Å². The van der Waals surface area contributed by atoms with E-state index in [9.17, 15) is 87.2 Å². The molecule has 1 aliphatic heterocycles. The summed E-state index contributed by atoms with van der Waals surface area (Å²) in [5, 5.41) is 84.2. The molecular weight excluding hydrogens is 1960 g/mol. The molecule has 14 atom stereocenters. The van der Waals surface area contributed by atoms with E-state index in [-0.39, 0.29) is 127 Å². The SMILES string of the molecule is CSCC[C@H](NC(=O)[C@H](CO)NC(=O)[C@H](Cc1ccc(O)cc1)NC(=O)CCN)C(=O)N[C@@H](CCC(=O)O)C(=O)N[C@@H](Cc1c[nH]cn1)C(=O)N[C@@H](Cc1ccccc1)C(=O)N[C@@H](CCCNC(=N)N)C(=O)N[C@@H](Cc1c[nH]c2ccccc12)C(=O)NCC(=O)N[C@@H](CCCCN)C(=O)N1CCC[C@H]1C(=O)N[C@H](C(=O)NCC(=O)N[C@@H](CCCCN)C(=O)N[C@@H](CCCCN)C(=O)N[C@@H](CCCCNCCCCN)C(N)=O)C(C)C. The van der Waals surface area contributed by atoms with Gasteiger partial charge in [-0.3, -0.25) is 91.7 Å². The van der Waals surface area contributed by atoms with Gasteiger partial charge in [-0.15, -0.1) is 0 Å². The van der Waals surface area contributed by atoms with Crippen LogP contribution in [-0.2, 0) is 112 Å². The summed E-state index contributed by atoms with van der Waals surface area (Å²) in [6.45, 7) is 3.49. The van der Waals surface area contributed by atoms with Gasteiger partial charge in [-0.25, -0.2) is 4.98 Å². The molecule has 0 saturated carbocycles. The first-order chi connectivity index (χ1) is 71.9. The minimum Gasteiger partial charge on any atom is -0.508 e. The smallest absolute Gasteiger partial charge is 0.303 e. The number of nitrogens with two attached hydrogens (primary N) is 7. The molecule has 3 heterocycles. The summed E-state index contributed by atoms with van der Waals surface area (Å²) in [5.74, 6) is -17.3. The predicted octanol–water partition coefficient (Wildman–Crippen LogP) is -5.36. The number of nitrogens with one attached hydrogen (secondary N) is 20. The number of hydrogen-bond donors (Lipinski definition) is 30. The number of unbranched alkanes of at least 4 members (excludes halogenated alkanes) is 5. The maximum Gasteiger partial charge on any atom is 0.303 e. The number of carboxylic acid groups (broad SMARTS) is 1. The number of aromatic nitrogens is 3. The predicted molar refractivity (Wildman–Crippen MR) is 560 cm³/mol. The average Bonchev–Trinajstić information content (AvgIpc) is 1.61. The van der Waals surface area contributed by atoms with E-state index in [0.717, 1.165) is 19.4 Å². The van der Waals surface area contributed by atoms with Crippen LogP contribution in [0.4, 0.5) is 0 Å². The number of carbonyl (C=O) groups is 18. The minimum atomic E-state index is -1.79. The number of likely N-dealkylation sites (tertiary alicyclic amines) is 1. The molecule has 0 spiro atoms. The first-order valence-corrected chi connectivity index (χ1v) is 52.4. The van der Waals surface area contributed by atoms with Crippen molar-refractivity contribution < 1.29 is 102 Å². The van der Waals surface area contributed by atoms with Crippen molar-refractivity contribution in [3.63, 3.8) is 0 Å². The Labute approximate surface area is 875 Å². The molecule has 6 rings (SSSR count). The number of fused-ring (bicyclic) bond motifs is 1. The van der Waals surface area contributed by atoms with Gasteiger partial charge < -0.3 is 161 Å². The highest BCUT2D eigenvalue weighted by Gasteiger charge is 2.42. The molecule has 3 aromatic carbocycles. The fraction of sp³-hybridized carbons (Fsp3) is 0.576. The van der Waals surface area contributed by atoms with Crippen LogP contribution >= 0.6 is 11.8 Å². The number of benzene rings is 3. The monoisotopic (exact) mass is 2120 g/mol. The summed E-state index contributed by atoms with van der Waals surface area (Å²) in [6, 6.07) is 0.776. The maximum atomic E-state index is 15.3. The van der Waals surface area contributed by atoms with Crippen LogP contribution in [0, 0.1) is 11.3 Å². The van der Waals surface area contributed by atoms with Crippen LogP contribution < -0.4 is 131 Å². The van der Waals surface area contributed by atoms with Crippen LogP contribution in [-0.4, -0.2) is 323 Å². The van der Waals surface area contributed by atoms with Crippen LogP contribution in [0.15, 0.2) is 97.6 Å². The van der Waals surface area contributed by atoms with Crippen molar-refractivity contribution in [2.24, 2.45) is 46.1 Å². The van der Waals surface area contributed by atoms with Gasteiger partial charge in [0.2, 0.25) is 100 Å². The molecule has 0 unspecified atom stereocenters. The lowest BCUT2D eigenvalue weighted by Crippen LogP contribution is -2.61. The van der Waals surface area contributed by atoms with Crippen LogP contribution in [0.25, 0.3) is 10.9 Å². The van der Waals surface area contributed by atoms with Crippen molar-refractivity contribution >= 4 is 135 Å². The summed E-state index contributed by atoms with van der Waals surface area (Å²) in [4.78, 5) is 267. The fourth-order valence-corrected chi connectivity index (χ4v) is 17.1. The van der Waals surface area contributed by atoms with Gasteiger partial charge in [0.1, 0.15) is 90.3 Å². The van der Waals surface area contributed by atoms with E-state index in [4.69, 9.17) is 45.5 Å². The zero-order valence-corrected chi connectivity index (χ0v) is 86.3. The number of phenols is 1. The number of guanidine groups is 1. The Kier molecular flexibility index (Phi) is 57.0. The van der Waals surface area contributed by atoms with E-state index >= 15 is 14.4 Å². The number of aliphatic hydroxyl groups excluding tert-OH is 1. The number of thioether (sulfide) groups is 1.